The molecule has 0 aliphatic rings. The van der Waals surface area contributed by atoms with Crippen LogP contribution in [-0.4, -0.2) is 24.1 Å². The fourth-order valence-electron chi connectivity index (χ4n) is 2.43. The van der Waals surface area contributed by atoms with Gasteiger partial charge in [0.05, 0.1) is 18.8 Å². The van der Waals surface area contributed by atoms with Crippen molar-refractivity contribution in [2.45, 2.75) is 38.5 Å². The summed E-state index contributed by atoms with van der Waals surface area (Å²) in [5.74, 6) is -1.09. The largest absolute Gasteiger partial charge is 0.465 e. The van der Waals surface area contributed by atoms with E-state index in [0.717, 1.165) is 12.1 Å². The van der Waals surface area contributed by atoms with E-state index in [-0.39, 0.29) is 25.2 Å². The van der Waals surface area contributed by atoms with Gasteiger partial charge >= 0.3 is 19.7 Å². The fourth-order valence-corrected chi connectivity index (χ4v) is 4.16. The van der Waals surface area contributed by atoms with E-state index in [4.69, 9.17) is 9.26 Å². The lowest BCUT2D eigenvalue weighted by molar-refractivity contribution is -0.148. The summed E-state index contributed by atoms with van der Waals surface area (Å²) in [5, 5.41) is -2.22. The van der Waals surface area contributed by atoms with Gasteiger partial charge < -0.3 is 14.2 Å². The first kappa shape index (κ1) is 20.7. The van der Waals surface area contributed by atoms with Crippen molar-refractivity contribution < 1.29 is 36.7 Å². The molecule has 0 amide bonds. The molecule has 0 aliphatic heterocycles. The van der Waals surface area contributed by atoms with Gasteiger partial charge in [0.25, 0.3) is 0 Å². The number of rotatable bonds is 7. The standard InChI is InChI=1S/C15H20F3O5P/c1-4-14(13(19)22-5-2,24(20,21)23-6-3)11-8-7-9-12(10-11)15(16,17)18/h7-10H,4-6H2,1-3H3,(H,20,21). The maximum Gasteiger partial charge on any atom is 0.416 e. The first-order chi connectivity index (χ1) is 11.1. The highest BCUT2D eigenvalue weighted by atomic mass is 31.2. The Morgan fingerprint density at radius 3 is 2.21 bits per heavy atom. The van der Waals surface area contributed by atoms with Crippen LogP contribution in [0.2, 0.25) is 0 Å². The molecule has 9 heteroatoms. The molecule has 1 aromatic rings. The van der Waals surface area contributed by atoms with E-state index in [1.165, 1.54) is 26.8 Å². The number of esters is 1. The van der Waals surface area contributed by atoms with Crippen LogP contribution in [-0.2, 0) is 30.0 Å². The van der Waals surface area contributed by atoms with Crippen molar-refractivity contribution >= 4 is 13.6 Å². The van der Waals surface area contributed by atoms with Crippen LogP contribution in [0.3, 0.4) is 0 Å². The number of halogens is 3. The molecule has 0 fully saturated rings. The summed E-state index contributed by atoms with van der Waals surface area (Å²) in [6.07, 6.45) is -4.92. The first-order valence-electron chi connectivity index (χ1n) is 7.39. The van der Waals surface area contributed by atoms with E-state index in [0.29, 0.717) is 6.07 Å². The van der Waals surface area contributed by atoms with Crippen LogP contribution in [0.5, 0.6) is 0 Å². The Morgan fingerprint density at radius 1 is 1.17 bits per heavy atom. The molecular weight excluding hydrogens is 348 g/mol. The molecule has 0 aliphatic carbocycles. The van der Waals surface area contributed by atoms with Gasteiger partial charge in [0.1, 0.15) is 0 Å². The van der Waals surface area contributed by atoms with Crippen molar-refractivity contribution in [2.75, 3.05) is 13.2 Å². The van der Waals surface area contributed by atoms with E-state index in [2.05, 4.69) is 0 Å². The molecule has 1 N–H and O–H groups in total. The Bertz CT molecular complexity index is 632. The van der Waals surface area contributed by atoms with Crippen molar-refractivity contribution in [1.29, 1.82) is 0 Å². The third-order valence-electron chi connectivity index (χ3n) is 3.58. The Balaban J connectivity index is 3.65. The maximum atomic E-state index is 13.0. The van der Waals surface area contributed by atoms with E-state index in [1.807, 2.05) is 0 Å². The molecular formula is C15H20F3O5P. The summed E-state index contributed by atoms with van der Waals surface area (Å²) in [7, 11) is -4.66. The maximum absolute atomic E-state index is 13.0. The SMILES string of the molecule is CCOC(=O)C(CC)(c1cccc(C(F)(F)F)c1)P(=O)(O)OCC. The van der Waals surface area contributed by atoms with Gasteiger partial charge in [-0.05, 0) is 31.9 Å². The van der Waals surface area contributed by atoms with Crippen LogP contribution >= 0.6 is 7.60 Å². The molecule has 0 spiro atoms. The van der Waals surface area contributed by atoms with Crippen LogP contribution in [0.1, 0.15) is 38.3 Å². The molecule has 2 atom stereocenters. The summed E-state index contributed by atoms with van der Waals surface area (Å²) in [6, 6.07) is 3.77. The summed E-state index contributed by atoms with van der Waals surface area (Å²) >= 11 is 0. The lowest BCUT2D eigenvalue weighted by Crippen LogP contribution is -2.38. The third-order valence-corrected chi connectivity index (χ3v) is 5.91. The molecule has 0 radical (unpaired) electrons. The molecule has 136 valence electrons. The van der Waals surface area contributed by atoms with Crippen molar-refractivity contribution in [3.63, 3.8) is 0 Å². The summed E-state index contributed by atoms with van der Waals surface area (Å²) in [4.78, 5) is 22.8. The topological polar surface area (TPSA) is 72.8 Å². The van der Waals surface area contributed by atoms with Crippen LogP contribution < -0.4 is 0 Å². The number of alkyl halides is 3. The van der Waals surface area contributed by atoms with Gasteiger partial charge in [0, 0.05) is 0 Å². The Hall–Kier alpha value is -1.37. The predicted molar refractivity (Wildman–Crippen MR) is 81.5 cm³/mol. The van der Waals surface area contributed by atoms with Gasteiger partial charge in [0.15, 0.2) is 5.16 Å². The molecule has 0 saturated carbocycles. The molecule has 0 heterocycles. The molecule has 24 heavy (non-hydrogen) atoms. The molecule has 0 aromatic heterocycles. The highest BCUT2D eigenvalue weighted by molar-refractivity contribution is 7.55. The Labute approximate surface area is 138 Å². The minimum absolute atomic E-state index is 0.0916. The third kappa shape index (κ3) is 3.82. The van der Waals surface area contributed by atoms with E-state index in [1.54, 1.807) is 0 Å². The minimum atomic E-state index is -4.66. The molecule has 5 nitrogen and oxygen atoms in total. The van der Waals surface area contributed by atoms with Gasteiger partial charge in [-0.3, -0.25) is 9.36 Å². The number of hydrogen-bond acceptors (Lipinski definition) is 4. The smallest absolute Gasteiger partial charge is 0.416 e. The zero-order valence-corrected chi connectivity index (χ0v) is 14.5. The second-order valence-electron chi connectivity index (χ2n) is 4.95. The van der Waals surface area contributed by atoms with Gasteiger partial charge in [-0.15, -0.1) is 0 Å². The quantitative estimate of drug-likeness (QED) is 0.580. The zero-order chi connectivity index (χ0) is 18.6. The van der Waals surface area contributed by atoms with Crippen molar-refractivity contribution in [2.24, 2.45) is 0 Å². The molecule has 2 unspecified atom stereocenters. The molecule has 1 rings (SSSR count). The monoisotopic (exact) mass is 368 g/mol. The predicted octanol–water partition coefficient (Wildman–Crippen LogP) is 4.10. The van der Waals surface area contributed by atoms with Crippen LogP contribution in [0.25, 0.3) is 0 Å². The van der Waals surface area contributed by atoms with Crippen LogP contribution in [0, 0.1) is 0 Å². The van der Waals surface area contributed by atoms with Gasteiger partial charge in [-0.25, -0.2) is 0 Å². The van der Waals surface area contributed by atoms with E-state index in [9.17, 15) is 27.4 Å². The summed E-state index contributed by atoms with van der Waals surface area (Å²) in [5.41, 5.74) is -1.30. The highest BCUT2D eigenvalue weighted by Crippen LogP contribution is 2.63. The lowest BCUT2D eigenvalue weighted by atomic mass is 9.93. The van der Waals surface area contributed by atoms with Crippen molar-refractivity contribution in [1.82, 2.24) is 0 Å². The first-order valence-corrected chi connectivity index (χ1v) is 8.97. The Morgan fingerprint density at radius 2 is 1.75 bits per heavy atom. The van der Waals surface area contributed by atoms with Crippen molar-refractivity contribution in [3.8, 4) is 0 Å². The summed E-state index contributed by atoms with van der Waals surface area (Å²) in [6.45, 7) is 4.08. The average Bonchev–Trinajstić information content (AvgIpc) is 2.48. The summed E-state index contributed by atoms with van der Waals surface area (Å²) < 4.78 is 61.4. The minimum Gasteiger partial charge on any atom is -0.465 e. The number of ether oxygens (including phenoxy) is 1. The van der Waals surface area contributed by atoms with Crippen molar-refractivity contribution in [3.05, 3.63) is 35.4 Å². The lowest BCUT2D eigenvalue weighted by Gasteiger charge is -2.34. The normalized spacial score (nSPS) is 17.0. The second-order valence-corrected chi connectivity index (χ2v) is 7.01. The molecule has 0 bridgehead atoms. The molecule has 0 saturated heterocycles. The highest BCUT2D eigenvalue weighted by Gasteiger charge is 2.57. The second kappa shape index (κ2) is 7.68. The van der Waals surface area contributed by atoms with E-state index < -0.39 is 30.5 Å². The fraction of sp³-hybridized carbons (Fsp3) is 0.533. The van der Waals surface area contributed by atoms with Gasteiger partial charge in [-0.1, -0.05) is 25.1 Å². The number of carbonyl (C=O) groups is 1. The van der Waals surface area contributed by atoms with Gasteiger partial charge in [0.2, 0.25) is 0 Å². The zero-order valence-electron chi connectivity index (χ0n) is 13.6. The number of benzene rings is 1. The average molecular weight is 368 g/mol. The van der Waals surface area contributed by atoms with Gasteiger partial charge in [-0.2, -0.15) is 13.2 Å². The molecule has 1 aromatic carbocycles. The van der Waals surface area contributed by atoms with E-state index >= 15 is 0 Å². The van der Waals surface area contributed by atoms with Crippen LogP contribution in [0.4, 0.5) is 13.2 Å². The Kier molecular flexibility index (Phi) is 6.61. The number of hydrogen-bond donors (Lipinski definition) is 1. The van der Waals surface area contributed by atoms with Crippen LogP contribution in [0.15, 0.2) is 24.3 Å². The number of carbonyl (C=O) groups excluding carboxylic acids is 1.